The van der Waals surface area contributed by atoms with Crippen LogP contribution in [0.5, 0.6) is 0 Å². The van der Waals surface area contributed by atoms with Gasteiger partial charge in [-0.3, -0.25) is 4.79 Å². The fourth-order valence-corrected chi connectivity index (χ4v) is 1.41. The topological polar surface area (TPSA) is 17.1 Å². The van der Waals surface area contributed by atoms with E-state index in [1.807, 2.05) is 27.7 Å². The number of benzene rings is 1. The molecule has 0 aliphatic heterocycles. The van der Waals surface area contributed by atoms with Crippen molar-refractivity contribution in [3.8, 4) is 0 Å². The normalized spacial score (nSPS) is 13.5. The van der Waals surface area contributed by atoms with Crippen LogP contribution < -0.4 is 0 Å². The average Bonchev–Trinajstić information content (AvgIpc) is 2.20. The lowest BCUT2D eigenvalue weighted by Gasteiger charge is -2.26. The molecular formula is C14H18F2O. The molecule has 1 nitrogen and oxygen atoms in total. The Bertz CT molecular complexity index is 419. The van der Waals surface area contributed by atoms with E-state index in [2.05, 4.69) is 0 Å². The van der Waals surface area contributed by atoms with E-state index in [0.29, 0.717) is 0 Å². The van der Waals surface area contributed by atoms with Gasteiger partial charge in [0.2, 0.25) is 0 Å². The highest BCUT2D eigenvalue weighted by Crippen LogP contribution is 2.29. The van der Waals surface area contributed by atoms with Crippen molar-refractivity contribution in [1.82, 2.24) is 0 Å². The molecule has 0 heterocycles. The van der Waals surface area contributed by atoms with Gasteiger partial charge in [0.15, 0.2) is 17.4 Å². The van der Waals surface area contributed by atoms with Gasteiger partial charge in [-0.05, 0) is 23.5 Å². The summed E-state index contributed by atoms with van der Waals surface area (Å²) in [6.07, 6.45) is 0.226. The highest BCUT2D eigenvalue weighted by molar-refractivity contribution is 5.96. The van der Waals surface area contributed by atoms with Crippen molar-refractivity contribution < 1.29 is 13.6 Å². The molecule has 0 radical (unpaired) electrons. The van der Waals surface area contributed by atoms with Crippen molar-refractivity contribution in [2.24, 2.45) is 11.3 Å². The van der Waals surface area contributed by atoms with Gasteiger partial charge < -0.3 is 0 Å². The van der Waals surface area contributed by atoms with E-state index in [1.165, 1.54) is 12.1 Å². The van der Waals surface area contributed by atoms with Gasteiger partial charge >= 0.3 is 0 Å². The molecule has 1 unspecified atom stereocenters. The van der Waals surface area contributed by atoms with Crippen molar-refractivity contribution in [2.75, 3.05) is 0 Å². The maximum Gasteiger partial charge on any atom is 0.169 e. The highest BCUT2D eigenvalue weighted by atomic mass is 19.2. The van der Waals surface area contributed by atoms with E-state index in [-0.39, 0.29) is 29.1 Å². The van der Waals surface area contributed by atoms with E-state index in [1.54, 1.807) is 0 Å². The zero-order valence-electron chi connectivity index (χ0n) is 10.7. The SMILES string of the molecule is CC(CC(=O)c1cccc(F)c1F)C(C)(C)C. The van der Waals surface area contributed by atoms with Gasteiger partial charge in [0.1, 0.15) is 0 Å². The van der Waals surface area contributed by atoms with Gasteiger partial charge in [-0.2, -0.15) is 0 Å². The molecule has 0 saturated carbocycles. The van der Waals surface area contributed by atoms with Gasteiger partial charge in [-0.15, -0.1) is 0 Å². The number of hydrogen-bond donors (Lipinski definition) is 0. The van der Waals surface area contributed by atoms with Crippen molar-refractivity contribution in [1.29, 1.82) is 0 Å². The number of ketones is 1. The van der Waals surface area contributed by atoms with E-state index in [0.717, 1.165) is 6.07 Å². The molecule has 1 aromatic rings. The molecule has 1 rings (SSSR count). The maximum absolute atomic E-state index is 13.4. The average molecular weight is 240 g/mol. The van der Waals surface area contributed by atoms with Gasteiger partial charge in [-0.1, -0.05) is 33.8 Å². The summed E-state index contributed by atoms with van der Waals surface area (Å²) in [5.74, 6) is -2.25. The predicted molar refractivity (Wildman–Crippen MR) is 63.9 cm³/mol. The van der Waals surface area contributed by atoms with Crippen molar-refractivity contribution >= 4 is 5.78 Å². The summed E-state index contributed by atoms with van der Waals surface area (Å²) < 4.78 is 26.4. The lowest BCUT2D eigenvalue weighted by molar-refractivity contribution is 0.0922. The third kappa shape index (κ3) is 3.35. The van der Waals surface area contributed by atoms with Crippen LogP contribution in [-0.4, -0.2) is 5.78 Å². The molecule has 0 saturated heterocycles. The molecule has 0 aliphatic rings. The van der Waals surface area contributed by atoms with Gasteiger partial charge in [0.05, 0.1) is 5.56 Å². The molecule has 17 heavy (non-hydrogen) atoms. The smallest absolute Gasteiger partial charge is 0.169 e. The Balaban J connectivity index is 2.88. The molecule has 1 aromatic carbocycles. The first kappa shape index (κ1) is 13.8. The van der Waals surface area contributed by atoms with Crippen LogP contribution in [0.3, 0.4) is 0 Å². The molecule has 0 aliphatic carbocycles. The predicted octanol–water partition coefficient (Wildman–Crippen LogP) is 4.22. The number of carbonyl (C=O) groups is 1. The molecule has 1 atom stereocenters. The van der Waals surface area contributed by atoms with E-state index < -0.39 is 11.6 Å². The van der Waals surface area contributed by atoms with E-state index >= 15 is 0 Å². The van der Waals surface area contributed by atoms with Crippen LogP contribution in [0.15, 0.2) is 18.2 Å². The van der Waals surface area contributed by atoms with Gasteiger partial charge in [-0.25, -0.2) is 8.78 Å². The lowest BCUT2D eigenvalue weighted by atomic mass is 9.78. The summed E-state index contributed by atoms with van der Waals surface area (Å²) in [6, 6.07) is 3.70. The lowest BCUT2D eigenvalue weighted by Crippen LogP contribution is -2.21. The van der Waals surface area contributed by atoms with Crippen LogP contribution >= 0.6 is 0 Å². The second kappa shape index (κ2) is 4.94. The zero-order chi connectivity index (χ0) is 13.2. The number of hydrogen-bond acceptors (Lipinski definition) is 1. The third-order valence-corrected chi connectivity index (χ3v) is 3.22. The van der Waals surface area contributed by atoms with Crippen LogP contribution in [-0.2, 0) is 0 Å². The van der Waals surface area contributed by atoms with Gasteiger partial charge in [0.25, 0.3) is 0 Å². The molecule has 0 aromatic heterocycles. The fraction of sp³-hybridized carbons (Fsp3) is 0.500. The number of carbonyl (C=O) groups excluding carboxylic acids is 1. The molecular weight excluding hydrogens is 222 g/mol. The third-order valence-electron chi connectivity index (χ3n) is 3.22. The molecule has 0 bridgehead atoms. The molecule has 94 valence electrons. The van der Waals surface area contributed by atoms with Crippen LogP contribution in [0.1, 0.15) is 44.5 Å². The molecule has 0 N–H and O–H groups in total. The highest BCUT2D eigenvalue weighted by Gasteiger charge is 2.24. The first-order chi connectivity index (χ1) is 7.73. The van der Waals surface area contributed by atoms with E-state index in [9.17, 15) is 13.6 Å². The first-order valence-corrected chi connectivity index (χ1v) is 5.70. The second-order valence-electron chi connectivity index (χ2n) is 5.50. The van der Waals surface area contributed by atoms with Crippen molar-refractivity contribution in [3.05, 3.63) is 35.4 Å². The minimum atomic E-state index is -1.04. The Morgan fingerprint density at radius 3 is 2.41 bits per heavy atom. The number of halogens is 2. The van der Waals surface area contributed by atoms with Crippen LogP contribution in [0.25, 0.3) is 0 Å². The van der Waals surface area contributed by atoms with Crippen molar-refractivity contribution in [2.45, 2.75) is 34.1 Å². The standard InChI is InChI=1S/C14H18F2O/c1-9(14(2,3)4)8-12(17)10-6-5-7-11(15)13(10)16/h5-7,9H,8H2,1-4H3. The Morgan fingerprint density at radius 2 is 1.88 bits per heavy atom. The van der Waals surface area contributed by atoms with E-state index in [4.69, 9.17) is 0 Å². The summed E-state index contributed by atoms with van der Waals surface area (Å²) in [4.78, 5) is 11.9. The Hall–Kier alpha value is -1.25. The largest absolute Gasteiger partial charge is 0.294 e. The number of Topliss-reactive ketones (excluding diaryl/α,β-unsaturated/α-hetero) is 1. The molecule has 3 heteroatoms. The summed E-state index contributed by atoms with van der Waals surface area (Å²) in [7, 11) is 0. The number of rotatable bonds is 3. The fourth-order valence-electron chi connectivity index (χ4n) is 1.41. The molecule has 0 spiro atoms. The van der Waals surface area contributed by atoms with Crippen LogP contribution in [0, 0.1) is 23.0 Å². The van der Waals surface area contributed by atoms with Crippen LogP contribution in [0.2, 0.25) is 0 Å². The Labute approximate surface area is 101 Å². The molecule has 0 fully saturated rings. The second-order valence-corrected chi connectivity index (χ2v) is 5.50. The summed E-state index contributed by atoms with van der Waals surface area (Å²) in [5.41, 5.74) is -0.180. The Morgan fingerprint density at radius 1 is 1.29 bits per heavy atom. The summed E-state index contributed by atoms with van der Waals surface area (Å²) in [5, 5.41) is 0. The van der Waals surface area contributed by atoms with Crippen molar-refractivity contribution in [3.63, 3.8) is 0 Å². The maximum atomic E-state index is 13.4. The first-order valence-electron chi connectivity index (χ1n) is 5.70. The monoisotopic (exact) mass is 240 g/mol. The Kier molecular flexibility index (Phi) is 4.02. The minimum Gasteiger partial charge on any atom is -0.294 e. The van der Waals surface area contributed by atoms with Crippen LogP contribution in [0.4, 0.5) is 8.78 Å². The quantitative estimate of drug-likeness (QED) is 0.723. The zero-order valence-corrected chi connectivity index (χ0v) is 10.7. The summed E-state index contributed by atoms with van der Waals surface area (Å²) in [6.45, 7) is 8.00. The summed E-state index contributed by atoms with van der Waals surface area (Å²) >= 11 is 0. The van der Waals surface area contributed by atoms with Gasteiger partial charge in [0, 0.05) is 6.42 Å². The molecule has 0 amide bonds. The minimum absolute atomic E-state index is 0.0283.